The first-order chi connectivity index (χ1) is 10.9. The summed E-state index contributed by atoms with van der Waals surface area (Å²) < 4.78 is 35.1. The van der Waals surface area contributed by atoms with E-state index in [0.717, 1.165) is 24.3 Å². The fourth-order valence-electron chi connectivity index (χ4n) is 1.80. The second-order valence-electron chi connectivity index (χ2n) is 4.33. The van der Waals surface area contributed by atoms with Crippen molar-refractivity contribution in [3.63, 3.8) is 0 Å². The number of fused-ring (bicyclic) bond motifs is 1. The quantitative estimate of drug-likeness (QED) is 0.401. The molecule has 23 heavy (non-hydrogen) atoms. The van der Waals surface area contributed by atoms with Crippen LogP contribution in [0.1, 0.15) is 10.4 Å². The molecule has 8 nitrogen and oxygen atoms in total. The molecule has 0 N–H and O–H groups in total. The number of nitro benzene ring substituents is 1. The molecule has 0 atom stereocenters. The van der Waals surface area contributed by atoms with Crippen LogP contribution in [-0.2, 0) is 15.7 Å². The van der Waals surface area contributed by atoms with Crippen LogP contribution in [0.15, 0.2) is 53.4 Å². The van der Waals surface area contributed by atoms with E-state index in [1.54, 1.807) is 18.2 Å². The molecule has 120 valence electrons. The van der Waals surface area contributed by atoms with Crippen molar-refractivity contribution in [2.45, 2.75) is 4.90 Å². The first kappa shape index (κ1) is 15.8. The second-order valence-corrected chi connectivity index (χ2v) is 9.76. The van der Waals surface area contributed by atoms with Crippen LogP contribution >= 0.6 is 20.6 Å². The zero-order chi connectivity index (χ0) is 16.6. The van der Waals surface area contributed by atoms with Gasteiger partial charge in [0.2, 0.25) is 0 Å². The summed E-state index contributed by atoms with van der Waals surface area (Å²) in [5, 5.41) is 10.6. The SMILES string of the molecule is O=C1OI(OS(=O)(=O)c2ccc([N+](=O)[O-])cc2)c2ccccc21. The third kappa shape index (κ3) is 3.04. The summed E-state index contributed by atoms with van der Waals surface area (Å²) in [6.45, 7) is 0. The minimum atomic E-state index is -4.18. The van der Waals surface area contributed by atoms with Gasteiger partial charge in [-0.1, -0.05) is 0 Å². The fraction of sp³-hybridized carbons (Fsp3) is 0. The van der Waals surface area contributed by atoms with Crippen molar-refractivity contribution in [3.8, 4) is 0 Å². The molecule has 3 rings (SSSR count). The number of nitro groups is 1. The number of carbonyl (C=O) groups excluding carboxylic acids is 1. The van der Waals surface area contributed by atoms with E-state index in [0.29, 0.717) is 9.13 Å². The molecule has 0 spiro atoms. The Morgan fingerprint density at radius 3 is 2.39 bits per heavy atom. The van der Waals surface area contributed by atoms with Crippen LogP contribution in [-0.4, -0.2) is 19.3 Å². The Kier molecular flexibility index (Phi) is 4.04. The number of halogens is 1. The Labute approximate surface area is 138 Å². The zero-order valence-electron chi connectivity index (χ0n) is 11.2. The van der Waals surface area contributed by atoms with E-state index in [-0.39, 0.29) is 10.6 Å². The number of rotatable bonds is 4. The maximum atomic E-state index is 12.2. The summed E-state index contributed by atoms with van der Waals surface area (Å²) in [7, 11) is -4.18. The molecule has 0 fully saturated rings. The molecule has 0 bridgehead atoms. The van der Waals surface area contributed by atoms with Gasteiger partial charge in [-0.2, -0.15) is 0 Å². The molecule has 0 amide bonds. The van der Waals surface area contributed by atoms with Crippen molar-refractivity contribution >= 4 is 42.4 Å². The number of hydrogen-bond donors (Lipinski definition) is 0. The number of carbonyl (C=O) groups is 1. The predicted molar refractivity (Wildman–Crippen MR) is 85.9 cm³/mol. The van der Waals surface area contributed by atoms with Crippen LogP contribution in [0.25, 0.3) is 0 Å². The van der Waals surface area contributed by atoms with Gasteiger partial charge in [-0.05, 0) is 0 Å². The molecule has 0 radical (unpaired) electrons. The zero-order valence-corrected chi connectivity index (χ0v) is 14.2. The van der Waals surface area contributed by atoms with Crippen molar-refractivity contribution in [3.05, 3.63) is 67.8 Å². The summed E-state index contributed by atoms with van der Waals surface area (Å²) in [5.41, 5.74) is 0.0667. The first-order valence-corrected chi connectivity index (χ1v) is 10.3. The van der Waals surface area contributed by atoms with Gasteiger partial charge in [-0.25, -0.2) is 0 Å². The molecule has 2 aromatic carbocycles. The van der Waals surface area contributed by atoms with E-state index in [2.05, 4.69) is 0 Å². The van der Waals surface area contributed by atoms with Gasteiger partial charge < -0.3 is 0 Å². The van der Waals surface area contributed by atoms with Crippen LogP contribution in [0.4, 0.5) is 5.69 Å². The number of hydrogen-bond acceptors (Lipinski definition) is 7. The first-order valence-electron chi connectivity index (χ1n) is 6.10. The van der Waals surface area contributed by atoms with Gasteiger partial charge in [0.1, 0.15) is 0 Å². The van der Waals surface area contributed by atoms with Gasteiger partial charge in [0.25, 0.3) is 0 Å². The topological polar surface area (TPSA) is 113 Å². The van der Waals surface area contributed by atoms with Crippen LogP contribution in [0.5, 0.6) is 0 Å². The maximum absolute atomic E-state index is 12.2. The molecule has 0 saturated carbocycles. The molecular weight excluding hydrogens is 441 g/mol. The monoisotopic (exact) mass is 449 g/mol. The standard InChI is InChI=1S/C13H8INO7S/c16-13-11-3-1-2-4-12(11)14(21-13)22-23(19,20)10-7-5-9(6-8-10)15(17)18/h1-8H. The van der Waals surface area contributed by atoms with E-state index < -0.39 is 41.7 Å². The van der Waals surface area contributed by atoms with Gasteiger partial charge in [-0.3, -0.25) is 0 Å². The van der Waals surface area contributed by atoms with Crippen molar-refractivity contribution in [2.24, 2.45) is 0 Å². The molecule has 0 aliphatic carbocycles. The van der Waals surface area contributed by atoms with E-state index in [4.69, 9.17) is 5.58 Å². The molecule has 2 aromatic rings. The van der Waals surface area contributed by atoms with Crippen molar-refractivity contribution in [2.75, 3.05) is 0 Å². The third-order valence-electron chi connectivity index (χ3n) is 2.88. The van der Waals surface area contributed by atoms with Crippen LogP contribution in [0, 0.1) is 13.7 Å². The summed E-state index contributed by atoms with van der Waals surface area (Å²) in [5.74, 6) is -0.607. The number of benzene rings is 2. The van der Waals surface area contributed by atoms with Crippen molar-refractivity contribution < 1.29 is 23.7 Å². The predicted octanol–water partition coefficient (Wildman–Crippen LogP) is 2.68. The van der Waals surface area contributed by atoms with Crippen molar-refractivity contribution in [1.29, 1.82) is 0 Å². The van der Waals surface area contributed by atoms with Crippen molar-refractivity contribution in [1.82, 2.24) is 0 Å². The molecule has 1 heterocycles. The van der Waals surface area contributed by atoms with Crippen LogP contribution < -0.4 is 0 Å². The number of nitrogens with zero attached hydrogens (tertiary/aromatic N) is 1. The molecule has 10 heteroatoms. The third-order valence-corrected chi connectivity index (χ3v) is 9.10. The van der Waals surface area contributed by atoms with Crippen LogP contribution in [0.2, 0.25) is 0 Å². The second kappa shape index (κ2) is 5.86. The van der Waals surface area contributed by atoms with Gasteiger partial charge in [0.05, 0.1) is 0 Å². The van der Waals surface area contributed by atoms with E-state index in [9.17, 15) is 23.3 Å². The Bertz CT molecular complexity index is 895. The van der Waals surface area contributed by atoms with Gasteiger partial charge in [0, 0.05) is 0 Å². The Morgan fingerprint density at radius 2 is 1.74 bits per heavy atom. The minimum absolute atomic E-state index is 0.235. The van der Waals surface area contributed by atoms with Gasteiger partial charge >= 0.3 is 139 Å². The Hall–Kier alpha value is -2.05. The molecule has 0 aromatic heterocycles. The summed E-state index contributed by atoms with van der Waals surface area (Å²) in [6, 6.07) is 10.7. The molecule has 1 aliphatic heterocycles. The molecule has 1 aliphatic rings. The van der Waals surface area contributed by atoms with E-state index in [1.165, 1.54) is 6.07 Å². The number of non-ortho nitro benzene ring substituents is 1. The fourth-order valence-corrected chi connectivity index (χ4v) is 7.51. The van der Waals surface area contributed by atoms with E-state index in [1.807, 2.05) is 0 Å². The summed E-state index contributed by atoms with van der Waals surface area (Å²) in [4.78, 5) is 21.4. The average Bonchev–Trinajstić information content (AvgIpc) is 2.83. The van der Waals surface area contributed by atoms with E-state index >= 15 is 0 Å². The Balaban J connectivity index is 1.88. The van der Waals surface area contributed by atoms with Gasteiger partial charge in [0.15, 0.2) is 0 Å². The normalized spacial score (nSPS) is 15.1. The van der Waals surface area contributed by atoms with Gasteiger partial charge in [-0.15, -0.1) is 0 Å². The summed E-state index contributed by atoms with van der Waals surface area (Å²) >= 11 is -3.13. The summed E-state index contributed by atoms with van der Waals surface area (Å²) in [6.07, 6.45) is 0. The molecule has 0 saturated heterocycles. The van der Waals surface area contributed by atoms with Crippen LogP contribution in [0.3, 0.4) is 0 Å². The molecular formula is C13H8INO7S. The molecule has 0 unspecified atom stereocenters. The Morgan fingerprint density at radius 1 is 1.09 bits per heavy atom. The average molecular weight is 449 g/mol.